The molecule has 1 fully saturated rings. The maximum atomic E-state index is 13.0. The Balaban J connectivity index is 1.45. The summed E-state index contributed by atoms with van der Waals surface area (Å²) in [6.07, 6.45) is -1.23. The van der Waals surface area contributed by atoms with Crippen molar-refractivity contribution in [2.24, 2.45) is 0 Å². The molecule has 2 N–H and O–H groups in total. The summed E-state index contributed by atoms with van der Waals surface area (Å²) in [6.45, 7) is -1.06. The van der Waals surface area contributed by atoms with Gasteiger partial charge in [0.1, 0.15) is 11.8 Å². The number of nitrogens with one attached hydrogen (secondary N) is 1. The van der Waals surface area contributed by atoms with Crippen molar-refractivity contribution in [2.75, 3.05) is 25.1 Å². The van der Waals surface area contributed by atoms with Gasteiger partial charge in [0.05, 0.1) is 16.7 Å². The van der Waals surface area contributed by atoms with E-state index >= 15 is 0 Å². The second kappa shape index (κ2) is 9.10. The van der Waals surface area contributed by atoms with Crippen molar-refractivity contribution >= 4 is 45.0 Å². The van der Waals surface area contributed by atoms with Gasteiger partial charge in [-0.1, -0.05) is 11.6 Å². The number of sulfonamides is 1. The summed E-state index contributed by atoms with van der Waals surface area (Å²) < 4.78 is 37.1. The minimum absolute atomic E-state index is 0.0896. The van der Waals surface area contributed by atoms with Crippen LogP contribution in [0.25, 0.3) is 0 Å². The molecule has 2 aromatic rings. The first-order valence-corrected chi connectivity index (χ1v) is 11.7. The summed E-state index contributed by atoms with van der Waals surface area (Å²) in [6, 6.07) is 8.49. The van der Waals surface area contributed by atoms with Gasteiger partial charge in [0.15, 0.2) is 19.0 Å². The third-order valence-electron chi connectivity index (χ3n) is 5.21. The van der Waals surface area contributed by atoms with Crippen molar-refractivity contribution in [3.63, 3.8) is 0 Å². The number of nitrogens with zero attached hydrogens (tertiary/aromatic N) is 1. The van der Waals surface area contributed by atoms with Crippen LogP contribution < -0.4 is 10.1 Å². The van der Waals surface area contributed by atoms with Gasteiger partial charge in [0.2, 0.25) is 10.0 Å². The second-order valence-electron chi connectivity index (χ2n) is 7.51. The standard InChI is InChI=1S/C21H19ClN2O8S/c22-13-2-4-15(5-3-13)33(29,30)24-9-14(25)8-17(24)21(28)32-10-18(26)12-1-6-19-16(7-12)23-20(27)11-31-19/h1-7,14,17,25H,8-11H2,(H,23,27)/t14-,17+/m0/s1. The van der Waals surface area contributed by atoms with Gasteiger partial charge in [0, 0.05) is 23.6 Å². The molecule has 0 bridgehead atoms. The molecule has 33 heavy (non-hydrogen) atoms. The van der Waals surface area contributed by atoms with Crippen molar-refractivity contribution in [2.45, 2.75) is 23.5 Å². The van der Waals surface area contributed by atoms with E-state index in [0.29, 0.717) is 16.5 Å². The zero-order valence-electron chi connectivity index (χ0n) is 17.1. The molecular weight excluding hydrogens is 476 g/mol. The lowest BCUT2D eigenvalue weighted by molar-refractivity contribution is -0.146. The maximum absolute atomic E-state index is 13.0. The molecule has 174 valence electrons. The van der Waals surface area contributed by atoms with Crippen LogP contribution in [0.15, 0.2) is 47.4 Å². The van der Waals surface area contributed by atoms with Crippen molar-refractivity contribution < 1.29 is 37.4 Å². The normalized spacial score (nSPS) is 20.5. The average Bonchev–Trinajstić information content (AvgIpc) is 3.19. The molecular formula is C21H19ClN2O8S. The van der Waals surface area contributed by atoms with E-state index in [1.807, 2.05) is 0 Å². The highest BCUT2D eigenvalue weighted by Crippen LogP contribution is 2.30. The van der Waals surface area contributed by atoms with E-state index in [4.69, 9.17) is 21.1 Å². The first-order chi connectivity index (χ1) is 15.6. The first kappa shape index (κ1) is 23.2. The number of halogens is 1. The van der Waals surface area contributed by atoms with Gasteiger partial charge in [-0.3, -0.25) is 14.4 Å². The van der Waals surface area contributed by atoms with Crippen LogP contribution >= 0.6 is 11.6 Å². The molecule has 0 radical (unpaired) electrons. The molecule has 2 atom stereocenters. The Morgan fingerprint density at radius 2 is 1.94 bits per heavy atom. The third-order valence-corrected chi connectivity index (χ3v) is 7.35. The predicted octanol–water partition coefficient (Wildman–Crippen LogP) is 1.22. The number of hydrogen-bond acceptors (Lipinski definition) is 8. The minimum Gasteiger partial charge on any atom is -0.482 e. The Labute approximate surface area is 194 Å². The molecule has 0 aromatic heterocycles. The fourth-order valence-corrected chi connectivity index (χ4v) is 5.33. The molecule has 0 spiro atoms. The van der Waals surface area contributed by atoms with Crippen LogP contribution in [0, 0.1) is 0 Å². The number of Topliss-reactive ketones (excluding diaryl/α,β-unsaturated/α-hetero) is 1. The number of aliphatic hydroxyl groups excluding tert-OH is 1. The molecule has 0 saturated carbocycles. The van der Waals surface area contributed by atoms with Gasteiger partial charge in [-0.2, -0.15) is 4.31 Å². The van der Waals surface area contributed by atoms with Crippen LogP contribution in [-0.4, -0.2) is 67.4 Å². The summed E-state index contributed by atoms with van der Waals surface area (Å²) >= 11 is 5.81. The molecule has 0 aliphatic carbocycles. The topological polar surface area (TPSA) is 139 Å². The van der Waals surface area contributed by atoms with E-state index < -0.39 is 40.5 Å². The van der Waals surface area contributed by atoms with Gasteiger partial charge in [-0.15, -0.1) is 0 Å². The van der Waals surface area contributed by atoms with E-state index in [0.717, 1.165) is 4.31 Å². The number of amides is 1. The summed E-state index contributed by atoms with van der Waals surface area (Å²) in [5.41, 5.74) is 0.493. The van der Waals surface area contributed by atoms with E-state index in [2.05, 4.69) is 5.32 Å². The quantitative estimate of drug-likeness (QED) is 0.451. The summed E-state index contributed by atoms with van der Waals surface area (Å²) in [4.78, 5) is 36.5. The van der Waals surface area contributed by atoms with Gasteiger partial charge < -0.3 is 19.9 Å². The molecule has 2 heterocycles. The van der Waals surface area contributed by atoms with Crippen molar-refractivity contribution in [3.8, 4) is 5.75 Å². The molecule has 2 aliphatic rings. The molecule has 0 unspecified atom stereocenters. The lowest BCUT2D eigenvalue weighted by atomic mass is 10.1. The lowest BCUT2D eigenvalue weighted by Crippen LogP contribution is -2.41. The highest BCUT2D eigenvalue weighted by molar-refractivity contribution is 7.89. The molecule has 1 saturated heterocycles. The zero-order chi connectivity index (χ0) is 23.8. The summed E-state index contributed by atoms with van der Waals surface area (Å²) in [7, 11) is -4.11. The second-order valence-corrected chi connectivity index (χ2v) is 9.84. The van der Waals surface area contributed by atoms with Crippen molar-refractivity contribution in [1.82, 2.24) is 4.31 Å². The Hall–Kier alpha value is -2.99. The maximum Gasteiger partial charge on any atom is 0.325 e. The number of anilines is 1. The van der Waals surface area contributed by atoms with Crippen LogP contribution in [0.5, 0.6) is 5.75 Å². The van der Waals surface area contributed by atoms with Crippen LogP contribution in [0.4, 0.5) is 5.69 Å². The number of esters is 1. The van der Waals surface area contributed by atoms with Gasteiger partial charge in [-0.05, 0) is 42.5 Å². The molecule has 1 amide bonds. The van der Waals surface area contributed by atoms with E-state index in [1.165, 1.54) is 42.5 Å². The van der Waals surface area contributed by atoms with Crippen molar-refractivity contribution in [3.05, 3.63) is 53.1 Å². The SMILES string of the molecule is O=C1COc2ccc(C(=O)COC(=O)[C@H]3C[C@H](O)CN3S(=O)(=O)c3ccc(Cl)cc3)cc2N1. The highest BCUT2D eigenvalue weighted by Gasteiger charge is 2.44. The monoisotopic (exact) mass is 494 g/mol. The number of hydrogen-bond donors (Lipinski definition) is 2. The molecule has 2 aliphatic heterocycles. The highest BCUT2D eigenvalue weighted by atomic mass is 35.5. The number of carbonyl (C=O) groups is 3. The van der Waals surface area contributed by atoms with Crippen LogP contribution in [0.2, 0.25) is 5.02 Å². The average molecular weight is 495 g/mol. The number of benzene rings is 2. The third kappa shape index (κ3) is 4.86. The summed E-state index contributed by atoms with van der Waals surface area (Å²) in [5, 5.41) is 12.9. The number of ketones is 1. The van der Waals surface area contributed by atoms with Crippen LogP contribution in [-0.2, 0) is 24.3 Å². The molecule has 10 nitrogen and oxygen atoms in total. The largest absolute Gasteiger partial charge is 0.482 e. The van der Waals surface area contributed by atoms with Gasteiger partial charge in [0.25, 0.3) is 5.91 Å². The van der Waals surface area contributed by atoms with E-state index in [9.17, 15) is 27.9 Å². The number of carbonyl (C=O) groups excluding carboxylic acids is 3. The molecule has 2 aromatic carbocycles. The fraction of sp³-hybridized carbons (Fsp3) is 0.286. The van der Waals surface area contributed by atoms with Crippen LogP contribution in [0.1, 0.15) is 16.8 Å². The Morgan fingerprint density at radius 3 is 2.67 bits per heavy atom. The molecule has 12 heteroatoms. The number of rotatable bonds is 6. The number of fused-ring (bicyclic) bond motifs is 1. The minimum atomic E-state index is -4.11. The molecule has 4 rings (SSSR count). The van der Waals surface area contributed by atoms with Gasteiger partial charge >= 0.3 is 5.97 Å². The lowest BCUT2D eigenvalue weighted by Gasteiger charge is -2.22. The Kier molecular flexibility index (Phi) is 6.39. The predicted molar refractivity (Wildman–Crippen MR) is 116 cm³/mol. The van der Waals surface area contributed by atoms with Crippen molar-refractivity contribution in [1.29, 1.82) is 0 Å². The fourth-order valence-electron chi connectivity index (χ4n) is 3.58. The number of aliphatic hydroxyl groups is 1. The zero-order valence-corrected chi connectivity index (χ0v) is 18.6. The van der Waals surface area contributed by atoms with E-state index in [-0.39, 0.29) is 35.9 Å². The number of ether oxygens (including phenoxy) is 2. The Morgan fingerprint density at radius 1 is 1.21 bits per heavy atom. The smallest absolute Gasteiger partial charge is 0.325 e. The van der Waals surface area contributed by atoms with E-state index in [1.54, 1.807) is 0 Å². The number of β-amino-alcohol motifs (C(OH)–C–C–N with tert-alkyl or cyclic N) is 1. The van der Waals surface area contributed by atoms with Gasteiger partial charge in [-0.25, -0.2) is 8.42 Å². The summed E-state index contributed by atoms with van der Waals surface area (Å²) in [5.74, 6) is -1.46. The first-order valence-electron chi connectivity index (χ1n) is 9.87. The van der Waals surface area contributed by atoms with Crippen LogP contribution in [0.3, 0.4) is 0 Å². The Bertz CT molecular complexity index is 1220.